The average molecular weight is 265 g/mol. The number of carbonyl (C=O) groups excluding carboxylic acids is 1. The van der Waals surface area contributed by atoms with Crippen LogP contribution >= 0.6 is 11.8 Å². The Hall–Kier alpha value is -0.800. The van der Waals surface area contributed by atoms with Crippen LogP contribution in [0, 0.1) is 0 Å². The lowest BCUT2D eigenvalue weighted by Gasteiger charge is -2.08. The Kier molecular flexibility index (Phi) is 7.06. The second-order valence-electron chi connectivity index (χ2n) is 4.73. The fraction of sp³-hybridized carbons (Fsp3) is 0.533. The number of aryl methyl sites for hydroxylation is 1. The molecule has 1 aromatic carbocycles. The Bertz CT molecular complexity index is 359. The summed E-state index contributed by atoms with van der Waals surface area (Å²) >= 11 is 1.71. The van der Waals surface area contributed by atoms with Crippen molar-refractivity contribution in [1.82, 2.24) is 4.90 Å². The Labute approximate surface area is 115 Å². The van der Waals surface area contributed by atoms with E-state index in [4.69, 9.17) is 0 Å². The molecule has 0 saturated heterocycles. The molecule has 1 rings (SSSR count). The third-order valence-corrected chi connectivity index (χ3v) is 3.67. The smallest absolute Gasteiger partial charge is 0.172 e. The fourth-order valence-electron chi connectivity index (χ4n) is 1.64. The normalized spacial score (nSPS) is 10.9. The topological polar surface area (TPSA) is 20.3 Å². The summed E-state index contributed by atoms with van der Waals surface area (Å²) in [6.07, 6.45) is 2.24. The number of ketones is 1. The first-order valence-corrected chi connectivity index (χ1v) is 7.63. The minimum absolute atomic E-state index is 0.238. The van der Waals surface area contributed by atoms with Crippen molar-refractivity contribution in [3.63, 3.8) is 0 Å². The van der Waals surface area contributed by atoms with Crippen LogP contribution in [0.5, 0.6) is 0 Å². The summed E-state index contributed by atoms with van der Waals surface area (Å²) in [5.74, 6) is 1.83. The van der Waals surface area contributed by atoms with E-state index in [0.717, 1.165) is 30.7 Å². The highest BCUT2D eigenvalue weighted by Gasteiger charge is 2.05. The van der Waals surface area contributed by atoms with Gasteiger partial charge in [-0.3, -0.25) is 4.79 Å². The van der Waals surface area contributed by atoms with E-state index in [2.05, 4.69) is 38.1 Å². The number of thioether (sulfide) groups is 1. The molecule has 0 aliphatic heterocycles. The van der Waals surface area contributed by atoms with E-state index in [-0.39, 0.29) is 5.78 Å². The van der Waals surface area contributed by atoms with Crippen LogP contribution in [0.4, 0.5) is 0 Å². The third kappa shape index (κ3) is 5.69. The maximum atomic E-state index is 11.9. The Morgan fingerprint density at radius 1 is 1.22 bits per heavy atom. The van der Waals surface area contributed by atoms with Crippen LogP contribution in [0.1, 0.15) is 29.3 Å². The van der Waals surface area contributed by atoms with Gasteiger partial charge in [0.15, 0.2) is 5.78 Å². The highest BCUT2D eigenvalue weighted by Crippen LogP contribution is 2.10. The molecule has 0 fully saturated rings. The zero-order valence-corrected chi connectivity index (χ0v) is 12.4. The van der Waals surface area contributed by atoms with E-state index in [1.54, 1.807) is 11.8 Å². The summed E-state index contributed by atoms with van der Waals surface area (Å²) in [6, 6.07) is 8.06. The first-order chi connectivity index (χ1) is 8.63. The summed E-state index contributed by atoms with van der Waals surface area (Å²) in [6.45, 7) is 3.19. The van der Waals surface area contributed by atoms with Gasteiger partial charge in [0.25, 0.3) is 0 Å². The van der Waals surface area contributed by atoms with Gasteiger partial charge < -0.3 is 4.90 Å². The van der Waals surface area contributed by atoms with Gasteiger partial charge in [0.05, 0.1) is 5.75 Å². The second-order valence-corrected chi connectivity index (χ2v) is 5.83. The highest BCUT2D eigenvalue weighted by molar-refractivity contribution is 8.00. The summed E-state index contributed by atoms with van der Waals surface area (Å²) in [5, 5.41) is 0. The van der Waals surface area contributed by atoms with E-state index in [1.165, 1.54) is 5.56 Å². The van der Waals surface area contributed by atoms with E-state index >= 15 is 0 Å². The summed E-state index contributed by atoms with van der Waals surface area (Å²) in [4.78, 5) is 14.1. The third-order valence-electron chi connectivity index (χ3n) is 2.73. The molecule has 0 bridgehead atoms. The van der Waals surface area contributed by atoms with Crippen LogP contribution in [-0.2, 0) is 6.42 Å². The predicted molar refractivity (Wildman–Crippen MR) is 80.6 cm³/mol. The second kappa shape index (κ2) is 8.33. The highest BCUT2D eigenvalue weighted by atomic mass is 32.2. The number of hydrogen-bond donors (Lipinski definition) is 0. The summed E-state index contributed by atoms with van der Waals surface area (Å²) in [5.41, 5.74) is 2.15. The predicted octanol–water partition coefficient (Wildman–Crippen LogP) is 3.12. The molecule has 0 atom stereocenters. The van der Waals surface area contributed by atoms with Crippen molar-refractivity contribution >= 4 is 17.5 Å². The molecule has 0 N–H and O–H groups in total. The Morgan fingerprint density at radius 2 is 1.89 bits per heavy atom. The number of rotatable bonds is 8. The number of carbonyl (C=O) groups is 1. The van der Waals surface area contributed by atoms with Crippen LogP contribution in [0.25, 0.3) is 0 Å². The lowest BCUT2D eigenvalue weighted by Crippen LogP contribution is -2.15. The molecule has 18 heavy (non-hydrogen) atoms. The average Bonchev–Trinajstić information content (AvgIpc) is 2.35. The molecular weight excluding hydrogens is 242 g/mol. The molecule has 3 heteroatoms. The lowest BCUT2D eigenvalue weighted by atomic mass is 10.1. The first kappa shape index (κ1) is 15.3. The van der Waals surface area contributed by atoms with Gasteiger partial charge >= 0.3 is 0 Å². The van der Waals surface area contributed by atoms with Gasteiger partial charge in [-0.2, -0.15) is 11.8 Å². The minimum Gasteiger partial charge on any atom is -0.309 e. The van der Waals surface area contributed by atoms with Gasteiger partial charge in [0.1, 0.15) is 0 Å². The van der Waals surface area contributed by atoms with E-state index in [1.807, 2.05) is 12.1 Å². The minimum atomic E-state index is 0.238. The largest absolute Gasteiger partial charge is 0.309 e. The molecule has 1 aromatic rings. The SMILES string of the molecule is CCCc1ccc(C(=O)CSCCN(C)C)cc1. The summed E-state index contributed by atoms with van der Waals surface area (Å²) in [7, 11) is 4.10. The van der Waals surface area contributed by atoms with Crippen LogP contribution in [-0.4, -0.2) is 42.8 Å². The molecule has 0 heterocycles. The van der Waals surface area contributed by atoms with Crippen molar-refractivity contribution in [3.8, 4) is 0 Å². The maximum absolute atomic E-state index is 11.9. The fourth-order valence-corrected chi connectivity index (χ4v) is 2.63. The van der Waals surface area contributed by atoms with Crippen molar-refractivity contribution in [2.45, 2.75) is 19.8 Å². The van der Waals surface area contributed by atoms with Gasteiger partial charge in [0.2, 0.25) is 0 Å². The van der Waals surface area contributed by atoms with Gasteiger partial charge in [-0.1, -0.05) is 37.6 Å². The first-order valence-electron chi connectivity index (χ1n) is 6.48. The van der Waals surface area contributed by atoms with E-state index < -0.39 is 0 Å². The lowest BCUT2D eigenvalue weighted by molar-refractivity contribution is 0.102. The van der Waals surface area contributed by atoms with Crippen molar-refractivity contribution in [2.24, 2.45) is 0 Å². The number of Topliss-reactive ketones (excluding diaryl/α,β-unsaturated/α-hetero) is 1. The monoisotopic (exact) mass is 265 g/mol. The quantitative estimate of drug-likeness (QED) is 0.532. The molecule has 2 nitrogen and oxygen atoms in total. The zero-order chi connectivity index (χ0) is 13.4. The molecule has 0 amide bonds. The van der Waals surface area contributed by atoms with Crippen LogP contribution in [0.15, 0.2) is 24.3 Å². The van der Waals surface area contributed by atoms with Crippen molar-refractivity contribution in [2.75, 3.05) is 32.1 Å². The number of nitrogens with zero attached hydrogens (tertiary/aromatic N) is 1. The van der Waals surface area contributed by atoms with E-state index in [9.17, 15) is 4.79 Å². The molecule has 0 aliphatic carbocycles. The van der Waals surface area contributed by atoms with Crippen molar-refractivity contribution in [1.29, 1.82) is 0 Å². The molecule has 0 spiro atoms. The molecule has 0 aromatic heterocycles. The van der Waals surface area contributed by atoms with Crippen molar-refractivity contribution in [3.05, 3.63) is 35.4 Å². The van der Waals surface area contributed by atoms with Crippen LogP contribution < -0.4 is 0 Å². The van der Waals surface area contributed by atoms with Crippen molar-refractivity contribution < 1.29 is 4.79 Å². The van der Waals surface area contributed by atoms with Gasteiger partial charge in [-0.15, -0.1) is 0 Å². The molecular formula is C15H23NOS. The Morgan fingerprint density at radius 3 is 2.44 bits per heavy atom. The van der Waals surface area contributed by atoms with Gasteiger partial charge in [-0.05, 0) is 26.1 Å². The summed E-state index contributed by atoms with van der Waals surface area (Å²) < 4.78 is 0. The zero-order valence-electron chi connectivity index (χ0n) is 11.6. The number of benzene rings is 1. The standard InChI is InChI=1S/C15H23NOS/c1-4-5-13-6-8-14(9-7-13)15(17)12-18-11-10-16(2)3/h6-9H,4-5,10-12H2,1-3H3. The van der Waals surface area contributed by atoms with Gasteiger partial charge in [-0.25, -0.2) is 0 Å². The maximum Gasteiger partial charge on any atom is 0.172 e. The van der Waals surface area contributed by atoms with Gasteiger partial charge in [0, 0.05) is 17.9 Å². The molecule has 0 radical (unpaired) electrons. The molecule has 100 valence electrons. The molecule has 0 saturated carbocycles. The molecule has 0 unspecified atom stereocenters. The Balaban J connectivity index is 2.37. The molecule has 0 aliphatic rings. The van der Waals surface area contributed by atoms with Crippen LogP contribution in [0.2, 0.25) is 0 Å². The number of hydrogen-bond acceptors (Lipinski definition) is 3. The van der Waals surface area contributed by atoms with E-state index in [0.29, 0.717) is 5.75 Å². The van der Waals surface area contributed by atoms with Crippen LogP contribution in [0.3, 0.4) is 0 Å².